The molecule has 0 fully saturated rings. The number of hydrogen-bond donors (Lipinski definition) is 1. The van der Waals surface area contributed by atoms with Crippen LogP contribution in [0.25, 0.3) is 0 Å². The van der Waals surface area contributed by atoms with Crippen molar-refractivity contribution in [1.29, 1.82) is 0 Å². The van der Waals surface area contributed by atoms with Gasteiger partial charge in [0, 0.05) is 18.9 Å². The van der Waals surface area contributed by atoms with E-state index in [1.807, 2.05) is 42.9 Å². The fourth-order valence-corrected chi connectivity index (χ4v) is 0.919. The Labute approximate surface area is 67.5 Å². The number of nitrogens with zero attached hydrogens (tertiary/aromatic N) is 1. The number of aliphatic hydroxyl groups is 1. The third kappa shape index (κ3) is 2.39. The average Bonchev–Trinajstić information content (AvgIpc) is 2.39. The van der Waals surface area contributed by atoms with Gasteiger partial charge in [-0.2, -0.15) is 0 Å². The first-order valence-corrected chi connectivity index (χ1v) is 3.99. The van der Waals surface area contributed by atoms with E-state index in [4.69, 9.17) is 0 Å². The highest BCUT2D eigenvalue weighted by atomic mass is 16.3. The standard InChI is InChI=1S/C9H15NO/c1-8(2)9(11)7-10-5-3-4-6-10/h3-6,8-9,11H,7H2,1-2H3. The van der Waals surface area contributed by atoms with E-state index in [1.165, 1.54) is 0 Å². The van der Waals surface area contributed by atoms with Crippen molar-refractivity contribution in [1.82, 2.24) is 4.57 Å². The summed E-state index contributed by atoms with van der Waals surface area (Å²) in [5.41, 5.74) is 0. The van der Waals surface area contributed by atoms with Gasteiger partial charge in [0.05, 0.1) is 6.10 Å². The Kier molecular flexibility index (Phi) is 2.71. The quantitative estimate of drug-likeness (QED) is 0.699. The summed E-state index contributed by atoms with van der Waals surface area (Å²) in [6.07, 6.45) is 3.69. The van der Waals surface area contributed by atoms with Crippen molar-refractivity contribution in [2.75, 3.05) is 0 Å². The molecule has 0 aromatic carbocycles. The lowest BCUT2D eigenvalue weighted by Gasteiger charge is -2.14. The molecule has 0 saturated heterocycles. The van der Waals surface area contributed by atoms with Gasteiger partial charge in [0.1, 0.15) is 0 Å². The molecule has 0 radical (unpaired) electrons. The summed E-state index contributed by atoms with van der Waals surface area (Å²) in [5.74, 6) is 0.331. The molecule has 0 amide bonds. The summed E-state index contributed by atoms with van der Waals surface area (Å²) in [4.78, 5) is 0. The summed E-state index contributed by atoms with van der Waals surface area (Å²) in [6, 6.07) is 3.93. The third-order valence-electron chi connectivity index (χ3n) is 1.83. The van der Waals surface area contributed by atoms with Crippen molar-refractivity contribution in [3.8, 4) is 0 Å². The largest absolute Gasteiger partial charge is 0.391 e. The third-order valence-corrected chi connectivity index (χ3v) is 1.83. The highest BCUT2D eigenvalue weighted by molar-refractivity contribution is 4.90. The molecule has 1 unspecified atom stereocenters. The van der Waals surface area contributed by atoms with Gasteiger partial charge in [-0.25, -0.2) is 0 Å². The van der Waals surface area contributed by atoms with Crippen molar-refractivity contribution in [2.24, 2.45) is 5.92 Å². The van der Waals surface area contributed by atoms with Crippen LogP contribution < -0.4 is 0 Å². The van der Waals surface area contributed by atoms with Gasteiger partial charge in [0.2, 0.25) is 0 Å². The second-order valence-corrected chi connectivity index (χ2v) is 3.19. The summed E-state index contributed by atoms with van der Waals surface area (Å²) < 4.78 is 1.99. The molecule has 1 rings (SSSR count). The molecule has 0 bridgehead atoms. The first-order valence-electron chi connectivity index (χ1n) is 3.99. The first kappa shape index (κ1) is 8.34. The molecule has 1 atom stereocenters. The van der Waals surface area contributed by atoms with E-state index in [0.29, 0.717) is 12.5 Å². The molecular formula is C9H15NO. The van der Waals surface area contributed by atoms with Crippen LogP contribution in [0.2, 0.25) is 0 Å². The van der Waals surface area contributed by atoms with Crippen LogP contribution in [0.5, 0.6) is 0 Å². The Bertz CT molecular complexity index is 191. The molecule has 1 N–H and O–H groups in total. The zero-order valence-corrected chi connectivity index (χ0v) is 7.07. The van der Waals surface area contributed by atoms with Crippen LogP contribution in [0, 0.1) is 5.92 Å². The van der Waals surface area contributed by atoms with E-state index in [9.17, 15) is 5.11 Å². The molecule has 2 heteroatoms. The topological polar surface area (TPSA) is 25.2 Å². The minimum Gasteiger partial charge on any atom is -0.391 e. The Morgan fingerprint density at radius 3 is 2.27 bits per heavy atom. The highest BCUT2D eigenvalue weighted by Gasteiger charge is 2.08. The fourth-order valence-electron chi connectivity index (χ4n) is 0.919. The SMILES string of the molecule is CC(C)C(O)Cn1cccc1. The Balaban J connectivity index is 2.43. The minimum atomic E-state index is -0.234. The van der Waals surface area contributed by atoms with Gasteiger partial charge in [0.25, 0.3) is 0 Å². The lowest BCUT2D eigenvalue weighted by atomic mass is 10.1. The maximum Gasteiger partial charge on any atom is 0.0741 e. The van der Waals surface area contributed by atoms with Crippen LogP contribution in [0.3, 0.4) is 0 Å². The average molecular weight is 153 g/mol. The Morgan fingerprint density at radius 1 is 1.27 bits per heavy atom. The molecule has 1 heterocycles. The molecule has 0 aliphatic heterocycles. The second kappa shape index (κ2) is 3.58. The predicted molar refractivity (Wildman–Crippen MR) is 45.3 cm³/mol. The smallest absolute Gasteiger partial charge is 0.0741 e. The normalized spacial score (nSPS) is 13.8. The number of aromatic nitrogens is 1. The van der Waals surface area contributed by atoms with Crippen molar-refractivity contribution in [2.45, 2.75) is 26.5 Å². The zero-order chi connectivity index (χ0) is 8.27. The molecule has 0 aliphatic rings. The van der Waals surface area contributed by atoms with Crippen molar-refractivity contribution >= 4 is 0 Å². The second-order valence-electron chi connectivity index (χ2n) is 3.19. The van der Waals surface area contributed by atoms with Crippen LogP contribution in [-0.4, -0.2) is 15.8 Å². The fraction of sp³-hybridized carbons (Fsp3) is 0.556. The number of hydrogen-bond acceptors (Lipinski definition) is 1. The van der Waals surface area contributed by atoms with Gasteiger partial charge in [-0.05, 0) is 18.1 Å². The molecule has 0 aliphatic carbocycles. The van der Waals surface area contributed by atoms with Crippen LogP contribution in [-0.2, 0) is 6.54 Å². The zero-order valence-electron chi connectivity index (χ0n) is 7.07. The van der Waals surface area contributed by atoms with Gasteiger partial charge in [-0.3, -0.25) is 0 Å². The highest BCUT2D eigenvalue weighted by Crippen LogP contribution is 2.04. The van der Waals surface area contributed by atoms with E-state index in [-0.39, 0.29) is 6.10 Å². The van der Waals surface area contributed by atoms with Crippen LogP contribution in [0.15, 0.2) is 24.5 Å². The number of aliphatic hydroxyl groups excluding tert-OH is 1. The van der Waals surface area contributed by atoms with Gasteiger partial charge in [-0.1, -0.05) is 13.8 Å². The van der Waals surface area contributed by atoms with Crippen LogP contribution in [0.4, 0.5) is 0 Å². The Morgan fingerprint density at radius 2 is 1.82 bits per heavy atom. The van der Waals surface area contributed by atoms with Crippen molar-refractivity contribution in [3.05, 3.63) is 24.5 Å². The molecule has 1 aromatic heterocycles. The lowest BCUT2D eigenvalue weighted by Crippen LogP contribution is -2.20. The van der Waals surface area contributed by atoms with Crippen LogP contribution >= 0.6 is 0 Å². The predicted octanol–water partition coefficient (Wildman–Crippen LogP) is 1.50. The van der Waals surface area contributed by atoms with E-state index >= 15 is 0 Å². The van der Waals surface area contributed by atoms with E-state index in [1.54, 1.807) is 0 Å². The molecule has 0 saturated carbocycles. The van der Waals surface area contributed by atoms with Crippen molar-refractivity contribution < 1.29 is 5.11 Å². The lowest BCUT2D eigenvalue weighted by molar-refractivity contribution is 0.107. The monoisotopic (exact) mass is 153 g/mol. The van der Waals surface area contributed by atoms with E-state index < -0.39 is 0 Å². The van der Waals surface area contributed by atoms with Gasteiger partial charge >= 0.3 is 0 Å². The van der Waals surface area contributed by atoms with Gasteiger partial charge < -0.3 is 9.67 Å². The van der Waals surface area contributed by atoms with E-state index in [0.717, 1.165) is 0 Å². The summed E-state index contributed by atoms with van der Waals surface area (Å²) in [7, 11) is 0. The molecule has 0 spiro atoms. The molecule has 1 aromatic rings. The van der Waals surface area contributed by atoms with E-state index in [2.05, 4.69) is 0 Å². The summed E-state index contributed by atoms with van der Waals surface area (Å²) in [6.45, 7) is 4.74. The number of rotatable bonds is 3. The van der Waals surface area contributed by atoms with Crippen molar-refractivity contribution in [3.63, 3.8) is 0 Å². The van der Waals surface area contributed by atoms with Gasteiger partial charge in [-0.15, -0.1) is 0 Å². The molecule has 11 heavy (non-hydrogen) atoms. The molecule has 2 nitrogen and oxygen atoms in total. The Hall–Kier alpha value is -0.760. The summed E-state index contributed by atoms with van der Waals surface area (Å²) >= 11 is 0. The maximum absolute atomic E-state index is 9.48. The van der Waals surface area contributed by atoms with Gasteiger partial charge in [0.15, 0.2) is 0 Å². The first-order chi connectivity index (χ1) is 5.20. The van der Waals surface area contributed by atoms with Crippen LogP contribution in [0.1, 0.15) is 13.8 Å². The summed E-state index contributed by atoms with van der Waals surface area (Å²) in [5, 5.41) is 9.48. The molecule has 62 valence electrons. The maximum atomic E-state index is 9.48. The molecular weight excluding hydrogens is 138 g/mol. The minimum absolute atomic E-state index is 0.234.